The van der Waals surface area contributed by atoms with E-state index in [-0.39, 0.29) is 39.3 Å². The van der Waals surface area contributed by atoms with Gasteiger partial charge in [-0.2, -0.15) is 20.3 Å². The van der Waals surface area contributed by atoms with E-state index in [0.29, 0.717) is 0 Å². The van der Waals surface area contributed by atoms with Gasteiger partial charge in [0.2, 0.25) is 5.91 Å². The summed E-state index contributed by atoms with van der Waals surface area (Å²) in [6, 6.07) is 7.25. The standard InChI is InChI=1S/C20H15ClF5N5O2/c1-19(8-27,14-6-11(33-20(24,25)26)2-3-12(14)18(28)32)9-31-29-16-5-10(21)4-13(15(23)7-22)17(16)30-31/h2-6,15H,7,9H2,1H3,(H2,28,32). The molecule has 0 radical (unpaired) electrons. The van der Waals surface area contributed by atoms with Gasteiger partial charge in [0.05, 0.1) is 12.6 Å². The van der Waals surface area contributed by atoms with Gasteiger partial charge in [-0.3, -0.25) is 4.79 Å². The van der Waals surface area contributed by atoms with E-state index < -0.39 is 36.3 Å². The summed E-state index contributed by atoms with van der Waals surface area (Å²) in [5, 5.41) is 18.2. The molecule has 1 aromatic heterocycles. The van der Waals surface area contributed by atoms with Gasteiger partial charge >= 0.3 is 6.36 Å². The first kappa shape index (κ1) is 24.2. The van der Waals surface area contributed by atoms with Crippen molar-refractivity contribution in [1.82, 2.24) is 15.0 Å². The number of alkyl halides is 5. The van der Waals surface area contributed by atoms with Gasteiger partial charge in [-0.05, 0) is 42.8 Å². The van der Waals surface area contributed by atoms with Gasteiger partial charge in [0.25, 0.3) is 0 Å². The number of hydrogen-bond donors (Lipinski definition) is 1. The number of carbonyl (C=O) groups is 1. The van der Waals surface area contributed by atoms with Gasteiger partial charge in [0.15, 0.2) is 6.17 Å². The molecule has 7 nitrogen and oxygen atoms in total. The number of aromatic nitrogens is 3. The molecule has 0 saturated heterocycles. The summed E-state index contributed by atoms with van der Waals surface area (Å²) in [4.78, 5) is 12.9. The lowest BCUT2D eigenvalue weighted by Crippen LogP contribution is -2.31. The van der Waals surface area contributed by atoms with E-state index in [9.17, 15) is 32.0 Å². The molecule has 33 heavy (non-hydrogen) atoms. The Kier molecular flexibility index (Phi) is 6.46. The van der Waals surface area contributed by atoms with Gasteiger partial charge in [0.1, 0.15) is 28.9 Å². The zero-order chi connectivity index (χ0) is 24.6. The Morgan fingerprint density at radius 3 is 2.58 bits per heavy atom. The van der Waals surface area contributed by atoms with Crippen molar-refractivity contribution in [2.75, 3.05) is 6.67 Å². The zero-order valence-electron chi connectivity index (χ0n) is 16.8. The lowest BCUT2D eigenvalue weighted by atomic mass is 9.81. The van der Waals surface area contributed by atoms with Crippen LogP contribution in [0.25, 0.3) is 11.0 Å². The third-order valence-corrected chi connectivity index (χ3v) is 5.00. The number of hydrogen-bond acceptors (Lipinski definition) is 5. The van der Waals surface area contributed by atoms with Crippen molar-refractivity contribution in [2.24, 2.45) is 5.73 Å². The number of primary amides is 1. The fourth-order valence-electron chi connectivity index (χ4n) is 3.30. The minimum absolute atomic E-state index is 0.00544. The quantitative estimate of drug-likeness (QED) is 0.492. The highest BCUT2D eigenvalue weighted by Crippen LogP contribution is 2.34. The second kappa shape index (κ2) is 8.82. The van der Waals surface area contributed by atoms with E-state index in [1.807, 2.05) is 6.07 Å². The van der Waals surface area contributed by atoms with E-state index in [1.165, 1.54) is 19.1 Å². The number of benzene rings is 2. The molecule has 13 heteroatoms. The molecule has 2 aromatic carbocycles. The highest BCUT2D eigenvalue weighted by molar-refractivity contribution is 6.31. The van der Waals surface area contributed by atoms with Crippen molar-refractivity contribution in [2.45, 2.75) is 31.4 Å². The first-order chi connectivity index (χ1) is 15.4. The Balaban J connectivity index is 2.10. The van der Waals surface area contributed by atoms with Crippen LogP contribution in [0.1, 0.15) is 34.6 Å². The van der Waals surface area contributed by atoms with Crippen molar-refractivity contribution in [3.63, 3.8) is 0 Å². The third-order valence-electron chi connectivity index (χ3n) is 4.78. The maximum absolute atomic E-state index is 14.1. The summed E-state index contributed by atoms with van der Waals surface area (Å²) in [6.45, 7) is -0.378. The lowest BCUT2D eigenvalue weighted by Gasteiger charge is -2.24. The number of halogens is 6. The molecule has 2 N–H and O–H groups in total. The molecule has 3 aromatic rings. The smallest absolute Gasteiger partial charge is 0.406 e. The number of fused-ring (bicyclic) bond motifs is 1. The van der Waals surface area contributed by atoms with Crippen LogP contribution in [0.2, 0.25) is 5.02 Å². The number of ether oxygens (including phenoxy) is 1. The molecule has 2 atom stereocenters. The summed E-state index contributed by atoms with van der Waals surface area (Å²) in [5.41, 5.74) is 3.25. The summed E-state index contributed by atoms with van der Waals surface area (Å²) in [6.07, 6.45) is -7.03. The van der Waals surface area contributed by atoms with Crippen molar-refractivity contribution < 1.29 is 31.5 Å². The van der Waals surface area contributed by atoms with Gasteiger partial charge in [-0.15, -0.1) is 13.2 Å². The topological polar surface area (TPSA) is 107 Å². The van der Waals surface area contributed by atoms with Crippen molar-refractivity contribution >= 4 is 28.5 Å². The molecule has 0 spiro atoms. The molecule has 174 valence electrons. The minimum atomic E-state index is -5.01. The molecule has 0 saturated carbocycles. The highest BCUT2D eigenvalue weighted by atomic mass is 35.5. The first-order valence-electron chi connectivity index (χ1n) is 9.22. The van der Waals surface area contributed by atoms with Gasteiger partial charge in [-0.1, -0.05) is 11.6 Å². The average Bonchev–Trinajstić information content (AvgIpc) is 3.12. The second-order valence-electron chi connectivity index (χ2n) is 7.28. The Bertz CT molecular complexity index is 1260. The predicted octanol–water partition coefficient (Wildman–Crippen LogP) is 4.54. The fourth-order valence-corrected chi connectivity index (χ4v) is 3.52. The summed E-state index contributed by atoms with van der Waals surface area (Å²) < 4.78 is 68.9. The van der Waals surface area contributed by atoms with E-state index >= 15 is 0 Å². The monoisotopic (exact) mass is 487 g/mol. The summed E-state index contributed by atoms with van der Waals surface area (Å²) in [5.74, 6) is -1.65. The Labute approximate surface area is 188 Å². The van der Waals surface area contributed by atoms with Gasteiger partial charge < -0.3 is 10.5 Å². The number of nitriles is 1. The molecule has 3 rings (SSSR count). The molecular weight excluding hydrogens is 473 g/mol. The van der Waals surface area contributed by atoms with Gasteiger partial charge in [0, 0.05) is 16.1 Å². The largest absolute Gasteiger partial charge is 0.573 e. The first-order valence-corrected chi connectivity index (χ1v) is 9.60. The van der Waals surface area contributed by atoms with Crippen LogP contribution in [-0.2, 0) is 12.0 Å². The van der Waals surface area contributed by atoms with E-state index in [1.54, 1.807) is 0 Å². The Hall–Kier alpha value is -3.46. The maximum atomic E-state index is 14.1. The number of nitrogens with zero attached hydrogens (tertiary/aromatic N) is 4. The Morgan fingerprint density at radius 2 is 2.00 bits per heavy atom. The van der Waals surface area contributed by atoms with E-state index in [0.717, 1.165) is 23.0 Å². The summed E-state index contributed by atoms with van der Waals surface area (Å²) in [7, 11) is 0. The molecule has 0 aliphatic heterocycles. The van der Waals surface area contributed by atoms with Crippen LogP contribution in [-0.4, -0.2) is 33.9 Å². The highest BCUT2D eigenvalue weighted by Gasteiger charge is 2.36. The van der Waals surface area contributed by atoms with Crippen LogP contribution >= 0.6 is 11.6 Å². The van der Waals surface area contributed by atoms with Crippen molar-refractivity contribution in [1.29, 1.82) is 5.26 Å². The number of carbonyl (C=O) groups excluding carboxylic acids is 1. The van der Waals surface area contributed by atoms with Gasteiger partial charge in [-0.25, -0.2) is 8.78 Å². The SMILES string of the molecule is CC(C#N)(Cn1nc2cc(Cl)cc(C(F)CF)c2n1)c1cc(OC(F)(F)F)ccc1C(N)=O. The minimum Gasteiger partial charge on any atom is -0.406 e. The van der Waals surface area contributed by atoms with Crippen LogP contribution in [0, 0.1) is 11.3 Å². The van der Waals surface area contributed by atoms with E-state index in [2.05, 4.69) is 14.9 Å². The zero-order valence-corrected chi connectivity index (χ0v) is 17.6. The summed E-state index contributed by atoms with van der Waals surface area (Å²) >= 11 is 5.94. The molecule has 0 aliphatic rings. The molecule has 1 amide bonds. The Morgan fingerprint density at radius 1 is 1.30 bits per heavy atom. The molecule has 0 aliphatic carbocycles. The van der Waals surface area contributed by atoms with Crippen LogP contribution in [0.5, 0.6) is 5.75 Å². The van der Waals surface area contributed by atoms with Crippen LogP contribution in [0.15, 0.2) is 30.3 Å². The number of nitrogens with two attached hydrogens (primary N) is 1. The predicted molar refractivity (Wildman–Crippen MR) is 107 cm³/mol. The molecule has 2 unspecified atom stereocenters. The van der Waals surface area contributed by atoms with E-state index in [4.69, 9.17) is 17.3 Å². The molecular formula is C20H15ClF5N5O2. The number of rotatable bonds is 7. The third kappa shape index (κ3) is 5.14. The van der Waals surface area contributed by atoms with Crippen LogP contribution < -0.4 is 10.5 Å². The fraction of sp³-hybridized carbons (Fsp3) is 0.300. The molecule has 0 bridgehead atoms. The van der Waals surface area contributed by atoms with Crippen molar-refractivity contribution in [3.05, 3.63) is 52.0 Å². The van der Waals surface area contributed by atoms with Crippen LogP contribution in [0.4, 0.5) is 22.0 Å². The normalized spacial score (nSPS) is 14.5. The second-order valence-corrected chi connectivity index (χ2v) is 7.71. The number of amides is 1. The van der Waals surface area contributed by atoms with Crippen molar-refractivity contribution in [3.8, 4) is 11.8 Å². The average molecular weight is 488 g/mol. The lowest BCUT2D eigenvalue weighted by molar-refractivity contribution is -0.274. The maximum Gasteiger partial charge on any atom is 0.573 e. The molecule has 0 fully saturated rings. The van der Waals surface area contributed by atoms with Crippen LogP contribution in [0.3, 0.4) is 0 Å². The molecule has 1 heterocycles.